The fraction of sp³-hybridized carbons (Fsp3) is 0.276. The number of hydrogen-bond donors (Lipinski definition) is 1. The van der Waals surface area contributed by atoms with E-state index in [0.717, 1.165) is 16.7 Å². The molecule has 0 radical (unpaired) electrons. The van der Waals surface area contributed by atoms with E-state index in [4.69, 9.17) is 9.47 Å². The van der Waals surface area contributed by atoms with Gasteiger partial charge in [0, 0.05) is 5.56 Å². The highest BCUT2D eigenvalue weighted by Gasteiger charge is 2.38. The Bertz CT molecular complexity index is 1390. The van der Waals surface area contributed by atoms with Crippen LogP contribution in [0.15, 0.2) is 54.6 Å². The number of rotatable bonds is 5. The highest BCUT2D eigenvalue weighted by Crippen LogP contribution is 2.35. The number of nitrogens with zero attached hydrogens (tertiary/aromatic N) is 1. The molecular weight excluding hydrogens is 456 g/mol. The summed E-state index contributed by atoms with van der Waals surface area (Å²) in [6.45, 7) is 8.81. The number of carbonyl (C=O) groups excluding carboxylic acids is 3. The fourth-order valence-corrected chi connectivity index (χ4v) is 4.67. The van der Waals surface area contributed by atoms with Crippen molar-refractivity contribution >= 4 is 23.4 Å². The number of amides is 3. The van der Waals surface area contributed by atoms with Gasteiger partial charge in [0.15, 0.2) is 11.5 Å². The van der Waals surface area contributed by atoms with Gasteiger partial charge in [0.05, 0.1) is 22.9 Å². The van der Waals surface area contributed by atoms with Crippen molar-refractivity contribution in [3.63, 3.8) is 0 Å². The summed E-state index contributed by atoms with van der Waals surface area (Å²) in [5.41, 5.74) is 4.08. The van der Waals surface area contributed by atoms with Crippen LogP contribution in [0.1, 0.15) is 67.7 Å². The largest absolute Gasteiger partial charge is 0.486 e. The van der Waals surface area contributed by atoms with E-state index in [1.165, 1.54) is 11.0 Å². The summed E-state index contributed by atoms with van der Waals surface area (Å²) in [6.07, 6.45) is 0. The lowest BCUT2D eigenvalue weighted by atomic mass is 9.95. The van der Waals surface area contributed by atoms with Crippen LogP contribution in [0, 0.1) is 19.8 Å². The molecule has 7 nitrogen and oxygen atoms in total. The average molecular weight is 485 g/mol. The van der Waals surface area contributed by atoms with Crippen molar-refractivity contribution in [2.75, 3.05) is 18.1 Å². The maximum atomic E-state index is 13.3. The normalized spacial score (nSPS) is 15.2. The number of anilines is 1. The van der Waals surface area contributed by atoms with E-state index in [1.807, 2.05) is 64.1 Å². The highest BCUT2D eigenvalue weighted by molar-refractivity contribution is 6.35. The summed E-state index contributed by atoms with van der Waals surface area (Å²) < 4.78 is 11.3. The Labute approximate surface area is 210 Å². The quantitative estimate of drug-likeness (QED) is 0.515. The summed E-state index contributed by atoms with van der Waals surface area (Å²) >= 11 is 0. The van der Waals surface area contributed by atoms with Crippen LogP contribution in [-0.2, 0) is 0 Å². The number of hydrogen-bond acceptors (Lipinski definition) is 5. The van der Waals surface area contributed by atoms with Crippen molar-refractivity contribution in [3.05, 3.63) is 88.0 Å². The Balaban J connectivity index is 1.41. The molecule has 0 saturated carbocycles. The Hall–Kier alpha value is -4.13. The first kappa shape index (κ1) is 23.6. The molecule has 2 aliphatic rings. The van der Waals surface area contributed by atoms with E-state index in [0.29, 0.717) is 41.5 Å². The Morgan fingerprint density at radius 3 is 2.33 bits per heavy atom. The minimum absolute atomic E-state index is 0.0916. The smallest absolute Gasteiger partial charge is 0.266 e. The number of carbonyl (C=O) groups is 3. The lowest BCUT2D eigenvalue weighted by Gasteiger charge is -2.25. The van der Waals surface area contributed by atoms with Crippen molar-refractivity contribution in [3.8, 4) is 11.5 Å². The van der Waals surface area contributed by atoms with Crippen LogP contribution in [0.25, 0.3) is 0 Å². The molecule has 184 valence electrons. The first-order valence-electron chi connectivity index (χ1n) is 12.0. The van der Waals surface area contributed by atoms with Gasteiger partial charge in [-0.15, -0.1) is 0 Å². The molecule has 5 rings (SSSR count). The predicted molar refractivity (Wildman–Crippen MR) is 136 cm³/mol. The number of nitrogens with one attached hydrogen (secondary N) is 1. The standard InChI is InChI=1S/C29H28N2O5/c1-16(2)26(19-8-10-24-25(15-19)36-12-11-35-24)30-27(32)20-7-9-21-22(14-20)29(34)31(28(21)33)23-13-17(3)5-6-18(23)4/h5-10,13-16,26H,11-12H2,1-4H3,(H,30,32). The van der Waals surface area contributed by atoms with E-state index >= 15 is 0 Å². The van der Waals surface area contributed by atoms with E-state index in [-0.39, 0.29) is 29.3 Å². The van der Waals surface area contributed by atoms with Gasteiger partial charge in [0.1, 0.15) is 13.2 Å². The maximum Gasteiger partial charge on any atom is 0.266 e. The summed E-state index contributed by atoms with van der Waals surface area (Å²) in [4.78, 5) is 40.9. The van der Waals surface area contributed by atoms with Gasteiger partial charge in [-0.2, -0.15) is 0 Å². The maximum absolute atomic E-state index is 13.3. The van der Waals surface area contributed by atoms with Gasteiger partial charge in [0.25, 0.3) is 17.7 Å². The SMILES string of the molecule is Cc1ccc(C)c(N2C(=O)c3ccc(C(=O)NC(c4ccc5c(c4)OCCO5)C(C)C)cc3C2=O)c1. The van der Waals surface area contributed by atoms with Crippen molar-refractivity contribution in [2.45, 2.75) is 33.7 Å². The van der Waals surface area contributed by atoms with Crippen molar-refractivity contribution < 1.29 is 23.9 Å². The third-order valence-corrected chi connectivity index (χ3v) is 6.63. The molecule has 3 aromatic rings. The van der Waals surface area contributed by atoms with Gasteiger partial charge in [-0.3, -0.25) is 14.4 Å². The third-order valence-electron chi connectivity index (χ3n) is 6.63. The molecule has 0 aromatic heterocycles. The van der Waals surface area contributed by atoms with Crippen molar-refractivity contribution in [1.82, 2.24) is 5.32 Å². The van der Waals surface area contributed by atoms with Crippen LogP contribution in [0.5, 0.6) is 11.5 Å². The second kappa shape index (κ2) is 9.15. The molecule has 3 amide bonds. The summed E-state index contributed by atoms with van der Waals surface area (Å²) in [5, 5.41) is 3.09. The van der Waals surface area contributed by atoms with Gasteiger partial charge in [-0.05, 0) is 72.9 Å². The Morgan fingerprint density at radius 2 is 1.58 bits per heavy atom. The number of ether oxygens (including phenoxy) is 2. The molecular formula is C29H28N2O5. The van der Waals surface area contributed by atoms with Gasteiger partial charge < -0.3 is 14.8 Å². The second-order valence-corrected chi connectivity index (χ2v) is 9.59. The van der Waals surface area contributed by atoms with Gasteiger partial charge in [-0.25, -0.2) is 4.90 Å². The highest BCUT2D eigenvalue weighted by atomic mass is 16.6. The van der Waals surface area contributed by atoms with Crippen LogP contribution >= 0.6 is 0 Å². The summed E-state index contributed by atoms with van der Waals surface area (Å²) in [7, 11) is 0. The number of fused-ring (bicyclic) bond motifs is 2. The lowest BCUT2D eigenvalue weighted by Crippen LogP contribution is -2.32. The van der Waals surface area contributed by atoms with Crippen molar-refractivity contribution in [2.24, 2.45) is 5.92 Å². The number of aryl methyl sites for hydroxylation is 2. The third kappa shape index (κ3) is 4.11. The summed E-state index contributed by atoms with van der Waals surface area (Å²) in [5.74, 6) is 0.309. The molecule has 2 aliphatic heterocycles. The fourth-order valence-electron chi connectivity index (χ4n) is 4.67. The Kier molecular flexibility index (Phi) is 6.00. The van der Waals surface area contributed by atoms with Gasteiger partial charge in [0.2, 0.25) is 0 Å². The van der Waals surface area contributed by atoms with Crippen LogP contribution in [0.3, 0.4) is 0 Å². The molecule has 3 aromatic carbocycles. The predicted octanol–water partition coefficient (Wildman–Crippen LogP) is 5.00. The van der Waals surface area contributed by atoms with Crippen LogP contribution < -0.4 is 19.7 Å². The molecule has 2 heterocycles. The van der Waals surface area contributed by atoms with E-state index in [9.17, 15) is 14.4 Å². The molecule has 7 heteroatoms. The number of benzene rings is 3. The molecule has 0 bridgehead atoms. The summed E-state index contributed by atoms with van der Waals surface area (Å²) in [6, 6.07) is 15.7. The molecule has 1 atom stereocenters. The topological polar surface area (TPSA) is 84.9 Å². The van der Waals surface area contributed by atoms with E-state index < -0.39 is 5.91 Å². The van der Waals surface area contributed by atoms with Crippen molar-refractivity contribution in [1.29, 1.82) is 0 Å². The second-order valence-electron chi connectivity index (χ2n) is 9.59. The van der Waals surface area contributed by atoms with Crippen LogP contribution in [-0.4, -0.2) is 30.9 Å². The minimum Gasteiger partial charge on any atom is -0.486 e. The lowest BCUT2D eigenvalue weighted by molar-refractivity contribution is 0.0917. The zero-order valence-electron chi connectivity index (χ0n) is 20.8. The molecule has 0 spiro atoms. The molecule has 0 saturated heterocycles. The minimum atomic E-state index is -0.425. The molecule has 36 heavy (non-hydrogen) atoms. The first-order chi connectivity index (χ1) is 17.2. The average Bonchev–Trinajstić information content (AvgIpc) is 3.12. The molecule has 1 N–H and O–H groups in total. The zero-order chi connectivity index (χ0) is 25.6. The van der Waals surface area contributed by atoms with Crippen LogP contribution in [0.4, 0.5) is 5.69 Å². The molecule has 0 aliphatic carbocycles. The zero-order valence-corrected chi connectivity index (χ0v) is 20.8. The van der Waals surface area contributed by atoms with E-state index in [2.05, 4.69) is 5.32 Å². The van der Waals surface area contributed by atoms with Gasteiger partial charge in [-0.1, -0.05) is 32.0 Å². The number of imide groups is 1. The van der Waals surface area contributed by atoms with Gasteiger partial charge >= 0.3 is 0 Å². The Morgan fingerprint density at radius 1 is 0.861 bits per heavy atom. The van der Waals surface area contributed by atoms with E-state index in [1.54, 1.807) is 12.1 Å². The molecule has 1 unspecified atom stereocenters. The monoisotopic (exact) mass is 484 g/mol. The molecule has 0 fully saturated rings. The van der Waals surface area contributed by atoms with Crippen LogP contribution in [0.2, 0.25) is 0 Å². The first-order valence-corrected chi connectivity index (χ1v) is 12.0.